The fourth-order valence-electron chi connectivity index (χ4n) is 1.50. The van der Waals surface area contributed by atoms with Crippen LogP contribution >= 0.6 is 27.3 Å². The molecule has 4 nitrogen and oxygen atoms in total. The van der Waals surface area contributed by atoms with E-state index in [1.807, 2.05) is 19.1 Å². The number of hydrogen-bond acceptors (Lipinski definition) is 3. The van der Waals surface area contributed by atoms with Crippen molar-refractivity contribution in [1.82, 2.24) is 0 Å². The third-order valence-corrected chi connectivity index (χ3v) is 4.49. The number of thiophene rings is 1. The number of nitrogens with one attached hydrogen (secondary N) is 1. The van der Waals surface area contributed by atoms with Gasteiger partial charge in [0.05, 0.1) is 4.88 Å². The molecule has 0 atom stereocenters. The molecule has 0 spiro atoms. The average molecular weight is 340 g/mol. The summed E-state index contributed by atoms with van der Waals surface area (Å²) in [6.07, 6.45) is 0. The Morgan fingerprint density at radius 3 is 2.53 bits per heavy atom. The van der Waals surface area contributed by atoms with Crippen molar-refractivity contribution in [2.45, 2.75) is 6.92 Å². The lowest BCUT2D eigenvalue weighted by molar-refractivity contribution is 0.0702. The van der Waals surface area contributed by atoms with Crippen LogP contribution in [0.2, 0.25) is 0 Å². The zero-order valence-corrected chi connectivity index (χ0v) is 12.3. The second kappa shape index (κ2) is 5.54. The minimum Gasteiger partial charge on any atom is -0.477 e. The maximum Gasteiger partial charge on any atom is 0.345 e. The number of halogens is 1. The first-order valence-corrected chi connectivity index (χ1v) is 6.99. The van der Waals surface area contributed by atoms with Gasteiger partial charge in [-0.3, -0.25) is 4.79 Å². The standard InChI is InChI=1S/C13H10BrNO3S/c1-7-8(14)3-2-4-9(7)15-12(16)10-5-6-11(19-10)13(17)18/h2-6H,1H3,(H,15,16)(H,17,18). The average Bonchev–Trinajstić information content (AvgIpc) is 2.84. The highest BCUT2D eigenvalue weighted by molar-refractivity contribution is 9.10. The number of hydrogen-bond donors (Lipinski definition) is 2. The van der Waals surface area contributed by atoms with Gasteiger partial charge in [0.25, 0.3) is 5.91 Å². The first kappa shape index (κ1) is 13.8. The molecule has 1 heterocycles. The Morgan fingerprint density at radius 2 is 1.89 bits per heavy atom. The summed E-state index contributed by atoms with van der Waals surface area (Å²) in [6, 6.07) is 8.44. The molecule has 0 fully saturated rings. The molecule has 2 aromatic rings. The maximum atomic E-state index is 12.0. The number of carboxylic acid groups (broad SMARTS) is 1. The van der Waals surface area contributed by atoms with E-state index >= 15 is 0 Å². The number of carbonyl (C=O) groups is 2. The topological polar surface area (TPSA) is 66.4 Å². The highest BCUT2D eigenvalue weighted by Gasteiger charge is 2.14. The van der Waals surface area contributed by atoms with Gasteiger partial charge in [-0.25, -0.2) is 4.79 Å². The van der Waals surface area contributed by atoms with Gasteiger partial charge in [-0.1, -0.05) is 22.0 Å². The number of rotatable bonds is 3. The van der Waals surface area contributed by atoms with Crippen molar-refractivity contribution in [3.63, 3.8) is 0 Å². The van der Waals surface area contributed by atoms with E-state index in [-0.39, 0.29) is 10.8 Å². The van der Waals surface area contributed by atoms with E-state index in [0.29, 0.717) is 10.6 Å². The number of amides is 1. The molecule has 0 aliphatic carbocycles. The van der Waals surface area contributed by atoms with Crippen molar-refractivity contribution in [2.75, 3.05) is 5.32 Å². The summed E-state index contributed by atoms with van der Waals surface area (Å²) in [4.78, 5) is 23.3. The first-order chi connectivity index (χ1) is 8.99. The predicted molar refractivity (Wildman–Crippen MR) is 78.1 cm³/mol. The third kappa shape index (κ3) is 3.02. The fourth-order valence-corrected chi connectivity index (χ4v) is 2.61. The smallest absolute Gasteiger partial charge is 0.345 e. The van der Waals surface area contributed by atoms with Crippen LogP contribution in [0.3, 0.4) is 0 Å². The summed E-state index contributed by atoms with van der Waals surface area (Å²) in [5.41, 5.74) is 1.62. The van der Waals surface area contributed by atoms with Gasteiger partial charge in [0.15, 0.2) is 0 Å². The summed E-state index contributed by atoms with van der Waals surface area (Å²) in [7, 11) is 0. The molecule has 0 saturated carbocycles. The molecular weight excluding hydrogens is 330 g/mol. The third-order valence-electron chi connectivity index (χ3n) is 2.56. The number of aromatic carboxylic acids is 1. The van der Waals surface area contributed by atoms with E-state index in [1.54, 1.807) is 6.07 Å². The van der Waals surface area contributed by atoms with Crippen LogP contribution in [0.25, 0.3) is 0 Å². The molecule has 2 rings (SSSR count). The van der Waals surface area contributed by atoms with E-state index in [1.165, 1.54) is 12.1 Å². The second-order valence-electron chi connectivity index (χ2n) is 3.84. The fraction of sp³-hybridized carbons (Fsp3) is 0.0769. The van der Waals surface area contributed by atoms with E-state index in [4.69, 9.17) is 5.11 Å². The molecule has 0 aliphatic rings. The molecule has 6 heteroatoms. The molecule has 0 radical (unpaired) electrons. The Bertz CT molecular complexity index is 651. The largest absolute Gasteiger partial charge is 0.477 e. The molecule has 1 aromatic carbocycles. The normalized spacial score (nSPS) is 10.2. The molecule has 0 saturated heterocycles. The van der Waals surface area contributed by atoms with Gasteiger partial charge in [0.1, 0.15) is 4.88 Å². The van der Waals surface area contributed by atoms with E-state index in [9.17, 15) is 9.59 Å². The zero-order chi connectivity index (χ0) is 14.0. The van der Waals surface area contributed by atoms with Crippen LogP contribution in [-0.4, -0.2) is 17.0 Å². The minimum atomic E-state index is -1.03. The van der Waals surface area contributed by atoms with Gasteiger partial charge in [-0.2, -0.15) is 0 Å². The number of carbonyl (C=O) groups excluding carboxylic acids is 1. The molecular formula is C13H10BrNO3S. The van der Waals surface area contributed by atoms with Crippen LogP contribution < -0.4 is 5.32 Å². The summed E-state index contributed by atoms with van der Waals surface area (Å²) in [5.74, 6) is -1.33. The van der Waals surface area contributed by atoms with Gasteiger partial charge in [0.2, 0.25) is 0 Å². The predicted octanol–water partition coefficient (Wildman–Crippen LogP) is 3.77. The lowest BCUT2D eigenvalue weighted by Gasteiger charge is -2.08. The minimum absolute atomic E-state index is 0.149. The van der Waals surface area contributed by atoms with Crippen molar-refractivity contribution in [2.24, 2.45) is 0 Å². The quantitative estimate of drug-likeness (QED) is 0.894. The Balaban J connectivity index is 2.21. The van der Waals surface area contributed by atoms with Crippen LogP contribution in [0.15, 0.2) is 34.8 Å². The van der Waals surface area contributed by atoms with Crippen molar-refractivity contribution in [3.8, 4) is 0 Å². The summed E-state index contributed by atoms with van der Waals surface area (Å²) in [5, 5.41) is 11.6. The van der Waals surface area contributed by atoms with Crippen LogP contribution in [0.4, 0.5) is 5.69 Å². The Hall–Kier alpha value is -1.66. The molecule has 19 heavy (non-hydrogen) atoms. The van der Waals surface area contributed by atoms with Gasteiger partial charge >= 0.3 is 5.97 Å². The van der Waals surface area contributed by atoms with Gasteiger partial charge in [-0.15, -0.1) is 11.3 Å². The van der Waals surface area contributed by atoms with E-state index in [0.717, 1.165) is 21.4 Å². The second-order valence-corrected chi connectivity index (χ2v) is 5.77. The lowest BCUT2D eigenvalue weighted by atomic mass is 10.2. The Morgan fingerprint density at radius 1 is 1.21 bits per heavy atom. The van der Waals surface area contributed by atoms with Gasteiger partial charge in [-0.05, 0) is 36.8 Å². The highest BCUT2D eigenvalue weighted by Crippen LogP contribution is 2.25. The highest BCUT2D eigenvalue weighted by atomic mass is 79.9. The molecule has 98 valence electrons. The number of anilines is 1. The monoisotopic (exact) mass is 339 g/mol. The Kier molecular flexibility index (Phi) is 4.01. The number of carboxylic acids is 1. The summed E-state index contributed by atoms with van der Waals surface area (Å²) >= 11 is 4.34. The molecule has 1 amide bonds. The van der Waals surface area contributed by atoms with Crippen LogP contribution in [0.5, 0.6) is 0 Å². The lowest BCUT2D eigenvalue weighted by Crippen LogP contribution is -2.11. The van der Waals surface area contributed by atoms with Gasteiger partial charge in [0, 0.05) is 10.2 Å². The molecule has 0 bridgehead atoms. The zero-order valence-electron chi connectivity index (χ0n) is 9.94. The van der Waals surface area contributed by atoms with Gasteiger partial charge < -0.3 is 10.4 Å². The molecule has 1 aromatic heterocycles. The molecule has 0 unspecified atom stereocenters. The van der Waals surface area contributed by atoms with Crippen molar-refractivity contribution in [1.29, 1.82) is 0 Å². The molecule has 2 N–H and O–H groups in total. The van der Waals surface area contributed by atoms with Crippen molar-refractivity contribution in [3.05, 3.63) is 50.1 Å². The van der Waals surface area contributed by atoms with E-state index in [2.05, 4.69) is 21.2 Å². The van der Waals surface area contributed by atoms with Crippen molar-refractivity contribution < 1.29 is 14.7 Å². The Labute approximate surface area is 122 Å². The van der Waals surface area contributed by atoms with Crippen LogP contribution in [0, 0.1) is 6.92 Å². The van der Waals surface area contributed by atoms with Crippen molar-refractivity contribution >= 4 is 44.8 Å². The SMILES string of the molecule is Cc1c(Br)cccc1NC(=O)c1ccc(C(=O)O)s1. The summed E-state index contributed by atoms with van der Waals surface area (Å²) < 4.78 is 0.905. The van der Waals surface area contributed by atoms with Crippen LogP contribution in [0.1, 0.15) is 24.9 Å². The summed E-state index contributed by atoms with van der Waals surface area (Å²) in [6.45, 7) is 1.89. The first-order valence-electron chi connectivity index (χ1n) is 5.38. The van der Waals surface area contributed by atoms with E-state index < -0.39 is 5.97 Å². The maximum absolute atomic E-state index is 12.0. The number of benzene rings is 1. The molecule has 0 aliphatic heterocycles. The van der Waals surface area contributed by atoms with Crippen LogP contribution in [-0.2, 0) is 0 Å².